The molecule has 1 aliphatic rings. The smallest absolute Gasteiger partial charge is 0.313 e. The number of nitrogens with zero attached hydrogens (tertiary/aromatic N) is 2. The van der Waals surface area contributed by atoms with Crippen LogP contribution in [0, 0.1) is 11.6 Å². The summed E-state index contributed by atoms with van der Waals surface area (Å²) in [6, 6.07) is 2.76. The number of amides is 2. The Bertz CT molecular complexity index is 543. The van der Waals surface area contributed by atoms with Crippen molar-refractivity contribution in [3.8, 4) is 0 Å². The molecule has 7 heteroatoms. The van der Waals surface area contributed by atoms with Gasteiger partial charge in [-0.3, -0.25) is 9.59 Å². The third-order valence-corrected chi connectivity index (χ3v) is 3.48. The van der Waals surface area contributed by atoms with E-state index in [9.17, 15) is 18.4 Å². The van der Waals surface area contributed by atoms with Gasteiger partial charge in [0, 0.05) is 32.2 Å². The number of halogens is 2. The molecular formula is C14H17F2N3O2. The summed E-state index contributed by atoms with van der Waals surface area (Å²) < 4.78 is 26.2. The minimum absolute atomic E-state index is 0.207. The molecule has 0 aromatic heterocycles. The average Bonchev–Trinajstić information content (AvgIpc) is 2.49. The maximum atomic E-state index is 13.4. The Hall–Kier alpha value is -2.02. The third kappa shape index (κ3) is 3.75. The first-order valence-electron chi connectivity index (χ1n) is 6.79. The van der Waals surface area contributed by atoms with Crippen LogP contribution in [0.25, 0.3) is 0 Å². The lowest BCUT2D eigenvalue weighted by molar-refractivity contribution is -0.144. The summed E-state index contributed by atoms with van der Waals surface area (Å²) in [6.45, 7) is 5.27. The fraction of sp³-hybridized carbons (Fsp3) is 0.429. The highest BCUT2D eigenvalue weighted by atomic mass is 19.1. The summed E-state index contributed by atoms with van der Waals surface area (Å²) in [5, 5.41) is 2.17. The Labute approximate surface area is 121 Å². The highest BCUT2D eigenvalue weighted by Gasteiger charge is 2.26. The Morgan fingerprint density at radius 3 is 2.43 bits per heavy atom. The van der Waals surface area contributed by atoms with Gasteiger partial charge in [0.2, 0.25) is 0 Å². The predicted octanol–water partition coefficient (Wildman–Crippen LogP) is 1.07. The quantitative estimate of drug-likeness (QED) is 0.831. The van der Waals surface area contributed by atoms with Crippen molar-refractivity contribution in [3.05, 3.63) is 29.8 Å². The number of anilines is 1. The molecule has 2 rings (SSSR count). The van der Waals surface area contributed by atoms with Crippen LogP contribution in [0.15, 0.2) is 18.2 Å². The standard InChI is InChI=1S/C14H17F2N3O2/c1-2-18-5-7-19(8-6-18)14(21)13(20)17-12-4-3-10(15)9-11(12)16/h3-4,9H,2,5-8H2,1H3,(H,17,20). The zero-order valence-electron chi connectivity index (χ0n) is 11.7. The molecule has 21 heavy (non-hydrogen) atoms. The first-order valence-corrected chi connectivity index (χ1v) is 6.79. The zero-order valence-corrected chi connectivity index (χ0v) is 11.7. The first-order chi connectivity index (χ1) is 10.0. The van der Waals surface area contributed by atoms with Crippen molar-refractivity contribution < 1.29 is 18.4 Å². The van der Waals surface area contributed by atoms with Crippen LogP contribution in [-0.4, -0.2) is 54.3 Å². The van der Waals surface area contributed by atoms with Crippen molar-refractivity contribution in [2.24, 2.45) is 0 Å². The van der Waals surface area contributed by atoms with E-state index in [1.54, 1.807) is 0 Å². The van der Waals surface area contributed by atoms with Crippen LogP contribution in [0.3, 0.4) is 0 Å². The number of likely N-dealkylation sites (N-methyl/N-ethyl adjacent to an activating group) is 1. The van der Waals surface area contributed by atoms with Crippen molar-refractivity contribution in [2.45, 2.75) is 6.92 Å². The van der Waals surface area contributed by atoms with Crippen LogP contribution in [0.2, 0.25) is 0 Å². The maximum Gasteiger partial charge on any atom is 0.313 e. The van der Waals surface area contributed by atoms with Crippen LogP contribution in [0.1, 0.15) is 6.92 Å². The van der Waals surface area contributed by atoms with Crippen LogP contribution in [-0.2, 0) is 9.59 Å². The molecule has 1 aromatic rings. The van der Waals surface area contributed by atoms with E-state index in [1.165, 1.54) is 4.90 Å². The minimum Gasteiger partial charge on any atom is -0.332 e. The average molecular weight is 297 g/mol. The topological polar surface area (TPSA) is 52.7 Å². The highest BCUT2D eigenvalue weighted by Crippen LogP contribution is 2.15. The summed E-state index contributed by atoms with van der Waals surface area (Å²) in [5.74, 6) is -3.26. The van der Waals surface area contributed by atoms with Gasteiger partial charge in [-0.05, 0) is 18.7 Å². The molecular weight excluding hydrogens is 280 g/mol. The second-order valence-corrected chi connectivity index (χ2v) is 4.80. The first kappa shape index (κ1) is 15.4. The van der Waals surface area contributed by atoms with Crippen LogP contribution in [0.4, 0.5) is 14.5 Å². The molecule has 0 radical (unpaired) electrons. The molecule has 114 valence electrons. The minimum atomic E-state index is -0.912. The van der Waals surface area contributed by atoms with E-state index in [0.29, 0.717) is 32.2 Å². The van der Waals surface area contributed by atoms with Gasteiger partial charge >= 0.3 is 11.8 Å². The second-order valence-electron chi connectivity index (χ2n) is 4.80. The summed E-state index contributed by atoms with van der Waals surface area (Å²) in [4.78, 5) is 27.4. The molecule has 0 saturated carbocycles. The van der Waals surface area contributed by atoms with E-state index in [-0.39, 0.29) is 5.69 Å². The van der Waals surface area contributed by atoms with Gasteiger partial charge in [-0.2, -0.15) is 0 Å². The van der Waals surface area contributed by atoms with Crippen molar-refractivity contribution in [3.63, 3.8) is 0 Å². The van der Waals surface area contributed by atoms with E-state index in [1.807, 2.05) is 6.92 Å². The second kappa shape index (κ2) is 6.62. The monoisotopic (exact) mass is 297 g/mol. The van der Waals surface area contributed by atoms with Crippen LogP contribution < -0.4 is 5.32 Å². The molecule has 0 spiro atoms. The number of carbonyl (C=O) groups is 2. The van der Waals surface area contributed by atoms with E-state index < -0.39 is 23.4 Å². The number of rotatable bonds is 2. The van der Waals surface area contributed by atoms with Gasteiger partial charge in [0.1, 0.15) is 11.6 Å². The van der Waals surface area contributed by atoms with E-state index in [0.717, 1.165) is 18.7 Å². The van der Waals surface area contributed by atoms with Gasteiger partial charge in [0.25, 0.3) is 0 Å². The SMILES string of the molecule is CCN1CCN(C(=O)C(=O)Nc2ccc(F)cc2F)CC1. The van der Waals surface area contributed by atoms with Crippen LogP contribution in [0.5, 0.6) is 0 Å². The fourth-order valence-electron chi connectivity index (χ4n) is 2.18. The van der Waals surface area contributed by atoms with Gasteiger partial charge in [0.15, 0.2) is 0 Å². The van der Waals surface area contributed by atoms with Gasteiger partial charge in [-0.25, -0.2) is 8.78 Å². The fourth-order valence-corrected chi connectivity index (χ4v) is 2.18. The van der Waals surface area contributed by atoms with E-state index in [2.05, 4.69) is 10.2 Å². The van der Waals surface area contributed by atoms with Crippen molar-refractivity contribution in [1.29, 1.82) is 0 Å². The molecule has 1 N–H and O–H groups in total. The number of carbonyl (C=O) groups excluding carboxylic acids is 2. The van der Waals surface area contributed by atoms with Gasteiger partial charge < -0.3 is 15.1 Å². The summed E-state index contributed by atoms with van der Waals surface area (Å²) in [6.07, 6.45) is 0. The lowest BCUT2D eigenvalue weighted by atomic mass is 10.2. The van der Waals surface area contributed by atoms with E-state index >= 15 is 0 Å². The largest absolute Gasteiger partial charge is 0.332 e. The van der Waals surface area contributed by atoms with Gasteiger partial charge in [-0.15, -0.1) is 0 Å². The number of nitrogens with one attached hydrogen (secondary N) is 1. The molecule has 1 aromatic carbocycles. The normalized spacial score (nSPS) is 15.9. The highest BCUT2D eigenvalue weighted by molar-refractivity contribution is 6.39. The molecule has 1 aliphatic heterocycles. The van der Waals surface area contributed by atoms with Crippen molar-refractivity contribution in [1.82, 2.24) is 9.80 Å². The zero-order chi connectivity index (χ0) is 15.4. The molecule has 1 saturated heterocycles. The molecule has 1 heterocycles. The molecule has 0 bridgehead atoms. The Morgan fingerprint density at radius 2 is 1.86 bits per heavy atom. The number of benzene rings is 1. The molecule has 0 aliphatic carbocycles. The van der Waals surface area contributed by atoms with Gasteiger partial charge in [-0.1, -0.05) is 6.92 Å². The Morgan fingerprint density at radius 1 is 1.19 bits per heavy atom. The summed E-state index contributed by atoms with van der Waals surface area (Å²) >= 11 is 0. The Kier molecular flexibility index (Phi) is 4.85. The van der Waals surface area contributed by atoms with Gasteiger partial charge in [0.05, 0.1) is 5.69 Å². The Balaban J connectivity index is 1.95. The molecule has 2 amide bonds. The maximum absolute atomic E-state index is 13.4. The van der Waals surface area contributed by atoms with Crippen molar-refractivity contribution >= 4 is 17.5 Å². The summed E-state index contributed by atoms with van der Waals surface area (Å²) in [5.41, 5.74) is -0.207. The molecule has 0 atom stereocenters. The van der Waals surface area contributed by atoms with Crippen LogP contribution >= 0.6 is 0 Å². The molecule has 1 fully saturated rings. The number of hydrogen-bond donors (Lipinski definition) is 1. The molecule has 5 nitrogen and oxygen atoms in total. The van der Waals surface area contributed by atoms with Crippen molar-refractivity contribution in [2.75, 3.05) is 38.0 Å². The predicted molar refractivity (Wildman–Crippen MR) is 73.7 cm³/mol. The molecule has 0 unspecified atom stereocenters. The third-order valence-electron chi connectivity index (χ3n) is 3.48. The lowest BCUT2D eigenvalue weighted by Gasteiger charge is -2.33. The number of hydrogen-bond acceptors (Lipinski definition) is 3. The summed E-state index contributed by atoms with van der Waals surface area (Å²) in [7, 11) is 0. The van der Waals surface area contributed by atoms with E-state index in [4.69, 9.17) is 0 Å². The number of piperazine rings is 1. The lowest BCUT2D eigenvalue weighted by Crippen LogP contribution is -2.51.